The molecule has 1 aromatic carbocycles. The fourth-order valence-electron chi connectivity index (χ4n) is 3.69. The van der Waals surface area contributed by atoms with Crippen molar-refractivity contribution in [3.8, 4) is 0 Å². The molecule has 3 heterocycles. The fourth-order valence-corrected chi connectivity index (χ4v) is 5.68. The lowest BCUT2D eigenvalue weighted by atomic mass is 10.1. The first kappa shape index (κ1) is 16.2. The van der Waals surface area contributed by atoms with Crippen molar-refractivity contribution in [3.05, 3.63) is 54.0 Å². The summed E-state index contributed by atoms with van der Waals surface area (Å²) < 4.78 is 32.8. The predicted octanol–water partition coefficient (Wildman–Crippen LogP) is 2.28. The molecule has 6 nitrogen and oxygen atoms in total. The monoisotopic (exact) mass is 360 g/mol. The van der Waals surface area contributed by atoms with Crippen LogP contribution in [0.1, 0.15) is 28.8 Å². The van der Waals surface area contributed by atoms with Crippen molar-refractivity contribution >= 4 is 21.6 Å². The van der Waals surface area contributed by atoms with E-state index in [0.717, 1.165) is 17.7 Å². The third-order valence-corrected chi connectivity index (χ3v) is 7.23. The molecule has 1 atom stereocenters. The average molecular weight is 360 g/mol. The SMILES string of the molecule is O=C(c1ccoc1)N1CCC[C@H](S(=O)(=O)N2CCc3ccccc32)C1. The standard InChI is InChI=1S/C18H20N2O4S/c21-18(15-8-11-24-13-15)19-9-3-5-16(12-19)25(22,23)20-10-7-14-4-1-2-6-17(14)20/h1-2,4,6,8,11,13,16H,3,5,7,9-10,12H2/t16-/m0/s1. The normalized spacial score (nSPS) is 20.6. The van der Waals surface area contributed by atoms with Crippen LogP contribution in [0.4, 0.5) is 5.69 Å². The molecule has 0 radical (unpaired) electrons. The summed E-state index contributed by atoms with van der Waals surface area (Å²) in [5.41, 5.74) is 2.30. The number of carbonyl (C=O) groups excluding carboxylic acids is 1. The van der Waals surface area contributed by atoms with Gasteiger partial charge in [-0.05, 0) is 37.0 Å². The number of likely N-dealkylation sites (tertiary alicyclic amines) is 1. The maximum absolute atomic E-state index is 13.2. The number of benzene rings is 1. The Morgan fingerprint density at radius 2 is 2.00 bits per heavy atom. The highest BCUT2D eigenvalue weighted by molar-refractivity contribution is 7.93. The topological polar surface area (TPSA) is 70.8 Å². The molecular formula is C18H20N2O4S. The molecule has 0 saturated carbocycles. The van der Waals surface area contributed by atoms with E-state index in [1.54, 1.807) is 11.0 Å². The van der Waals surface area contributed by atoms with E-state index < -0.39 is 15.3 Å². The van der Waals surface area contributed by atoms with E-state index in [9.17, 15) is 13.2 Å². The van der Waals surface area contributed by atoms with Crippen molar-refractivity contribution in [2.75, 3.05) is 23.9 Å². The molecule has 2 aliphatic heterocycles. The van der Waals surface area contributed by atoms with Gasteiger partial charge in [-0.15, -0.1) is 0 Å². The minimum Gasteiger partial charge on any atom is -0.472 e. The zero-order valence-electron chi connectivity index (χ0n) is 13.8. The van der Waals surface area contributed by atoms with Crippen molar-refractivity contribution in [1.29, 1.82) is 0 Å². The molecule has 0 spiro atoms. The van der Waals surface area contributed by atoms with Crippen molar-refractivity contribution in [1.82, 2.24) is 4.90 Å². The molecule has 4 rings (SSSR count). The summed E-state index contributed by atoms with van der Waals surface area (Å²) in [6, 6.07) is 9.23. The van der Waals surface area contributed by atoms with E-state index >= 15 is 0 Å². The first-order chi connectivity index (χ1) is 12.1. The number of hydrogen-bond acceptors (Lipinski definition) is 4. The van der Waals surface area contributed by atoms with E-state index in [1.165, 1.54) is 16.8 Å². The first-order valence-corrected chi connectivity index (χ1v) is 9.98. The van der Waals surface area contributed by atoms with E-state index in [2.05, 4.69) is 0 Å². The molecule has 0 unspecified atom stereocenters. The number of rotatable bonds is 3. The third-order valence-electron chi connectivity index (χ3n) is 5.01. The summed E-state index contributed by atoms with van der Waals surface area (Å²) in [4.78, 5) is 14.1. The summed E-state index contributed by atoms with van der Waals surface area (Å²) in [6.07, 6.45) is 4.85. The van der Waals surface area contributed by atoms with E-state index in [4.69, 9.17) is 4.42 Å². The number of sulfonamides is 1. The second-order valence-electron chi connectivity index (χ2n) is 6.52. The number of fused-ring (bicyclic) bond motifs is 1. The van der Waals surface area contributed by atoms with Gasteiger partial charge in [0, 0.05) is 19.6 Å². The molecule has 2 aliphatic rings. The molecule has 1 fully saturated rings. The Morgan fingerprint density at radius 3 is 2.80 bits per heavy atom. The zero-order valence-corrected chi connectivity index (χ0v) is 14.6. The Labute approximate surface area is 147 Å². The van der Waals surface area contributed by atoms with Gasteiger partial charge in [0.25, 0.3) is 5.91 Å². The van der Waals surface area contributed by atoms with Gasteiger partial charge in [0.05, 0.1) is 22.8 Å². The lowest BCUT2D eigenvalue weighted by Gasteiger charge is -2.34. The zero-order chi connectivity index (χ0) is 17.4. The Kier molecular flexibility index (Phi) is 4.03. The maximum atomic E-state index is 13.2. The van der Waals surface area contributed by atoms with Crippen LogP contribution in [0.2, 0.25) is 0 Å². The van der Waals surface area contributed by atoms with Gasteiger partial charge in [0.2, 0.25) is 10.0 Å². The van der Waals surface area contributed by atoms with Crippen LogP contribution in [0.5, 0.6) is 0 Å². The number of para-hydroxylation sites is 1. The van der Waals surface area contributed by atoms with Gasteiger partial charge >= 0.3 is 0 Å². The van der Waals surface area contributed by atoms with Crippen LogP contribution in [0.25, 0.3) is 0 Å². The predicted molar refractivity (Wildman–Crippen MR) is 94.0 cm³/mol. The van der Waals surface area contributed by atoms with Crippen molar-refractivity contribution in [3.63, 3.8) is 0 Å². The fraction of sp³-hybridized carbons (Fsp3) is 0.389. The van der Waals surface area contributed by atoms with Gasteiger partial charge < -0.3 is 9.32 Å². The molecule has 0 aliphatic carbocycles. The highest BCUT2D eigenvalue weighted by Gasteiger charge is 2.39. The number of carbonyl (C=O) groups is 1. The number of hydrogen-bond donors (Lipinski definition) is 0. The van der Waals surface area contributed by atoms with Gasteiger partial charge in [-0.2, -0.15) is 0 Å². The summed E-state index contributed by atoms with van der Waals surface area (Å²) in [5.74, 6) is -0.171. The van der Waals surface area contributed by atoms with Crippen LogP contribution in [0, 0.1) is 0 Å². The first-order valence-electron chi connectivity index (χ1n) is 8.48. The van der Waals surface area contributed by atoms with E-state index in [1.807, 2.05) is 24.3 Å². The highest BCUT2D eigenvalue weighted by Crippen LogP contribution is 2.33. The van der Waals surface area contributed by atoms with E-state index in [0.29, 0.717) is 31.5 Å². The number of amides is 1. The van der Waals surface area contributed by atoms with Crippen LogP contribution in [-0.2, 0) is 16.4 Å². The second kappa shape index (κ2) is 6.22. The Morgan fingerprint density at radius 1 is 1.16 bits per heavy atom. The van der Waals surface area contributed by atoms with Crippen molar-refractivity contribution in [2.24, 2.45) is 0 Å². The van der Waals surface area contributed by atoms with Gasteiger partial charge in [-0.1, -0.05) is 18.2 Å². The van der Waals surface area contributed by atoms with Crippen molar-refractivity contribution in [2.45, 2.75) is 24.5 Å². The number of furan rings is 1. The lowest BCUT2D eigenvalue weighted by Crippen LogP contribution is -2.49. The number of nitrogens with zero attached hydrogens (tertiary/aromatic N) is 2. The largest absolute Gasteiger partial charge is 0.472 e. The molecule has 2 aromatic rings. The molecule has 25 heavy (non-hydrogen) atoms. The van der Waals surface area contributed by atoms with Crippen LogP contribution in [0.3, 0.4) is 0 Å². The van der Waals surface area contributed by atoms with E-state index in [-0.39, 0.29) is 12.5 Å². The number of anilines is 1. The molecule has 1 saturated heterocycles. The maximum Gasteiger partial charge on any atom is 0.257 e. The summed E-state index contributed by atoms with van der Waals surface area (Å²) in [5, 5.41) is -0.566. The highest BCUT2D eigenvalue weighted by atomic mass is 32.2. The van der Waals surface area contributed by atoms with Gasteiger partial charge in [-0.3, -0.25) is 9.10 Å². The lowest BCUT2D eigenvalue weighted by molar-refractivity contribution is 0.0726. The molecule has 1 amide bonds. The van der Waals surface area contributed by atoms with Crippen LogP contribution < -0.4 is 4.31 Å². The summed E-state index contributed by atoms with van der Waals surface area (Å²) in [7, 11) is -3.49. The van der Waals surface area contributed by atoms with Gasteiger partial charge in [0.1, 0.15) is 6.26 Å². The second-order valence-corrected chi connectivity index (χ2v) is 8.66. The molecule has 1 aromatic heterocycles. The van der Waals surface area contributed by atoms with Crippen LogP contribution in [-0.4, -0.2) is 44.1 Å². The Hall–Kier alpha value is -2.28. The van der Waals surface area contributed by atoms with Gasteiger partial charge in [0.15, 0.2) is 0 Å². The van der Waals surface area contributed by atoms with Crippen molar-refractivity contribution < 1.29 is 17.6 Å². The van der Waals surface area contributed by atoms with Gasteiger partial charge in [-0.25, -0.2) is 8.42 Å². The quantitative estimate of drug-likeness (QED) is 0.842. The Bertz CT molecular complexity index is 876. The molecular weight excluding hydrogens is 340 g/mol. The molecule has 132 valence electrons. The smallest absolute Gasteiger partial charge is 0.257 e. The van der Waals surface area contributed by atoms with Crippen LogP contribution >= 0.6 is 0 Å². The number of piperidine rings is 1. The molecule has 7 heteroatoms. The minimum absolute atomic E-state index is 0.171. The summed E-state index contributed by atoms with van der Waals surface area (Å²) in [6.45, 7) is 1.28. The minimum atomic E-state index is -3.49. The molecule has 0 bridgehead atoms. The third kappa shape index (κ3) is 2.82. The molecule has 0 N–H and O–H groups in total. The average Bonchev–Trinajstić information content (AvgIpc) is 3.31. The summed E-state index contributed by atoms with van der Waals surface area (Å²) >= 11 is 0. The Balaban J connectivity index is 1.56. The van der Waals surface area contributed by atoms with Crippen LogP contribution in [0.15, 0.2) is 47.3 Å².